The van der Waals surface area contributed by atoms with Gasteiger partial charge < -0.3 is 4.80 Å². The second-order valence-corrected chi connectivity index (χ2v) is 9.97. The Morgan fingerprint density at radius 1 is 0.548 bits per heavy atom. The van der Waals surface area contributed by atoms with Gasteiger partial charge in [-0.3, -0.25) is 12.2 Å². The first-order valence-electron chi connectivity index (χ1n) is 10.1. The maximum atomic E-state index is 11.6. The Bertz CT molecular complexity index is 854. The fourth-order valence-corrected chi connectivity index (χ4v) is 6.24. The second kappa shape index (κ2) is 13.9. The molecule has 152 valence electrons. The zero-order valence-corrected chi connectivity index (χ0v) is 20.9. The molecule has 0 spiro atoms. The third kappa shape index (κ3) is 7.40. The molecule has 0 heterocycles. The molecule has 2 aliphatic rings. The van der Waals surface area contributed by atoms with Gasteiger partial charge in [0.15, 0.2) is 0 Å². The quantitative estimate of drug-likeness (QED) is 0.326. The van der Waals surface area contributed by atoms with Gasteiger partial charge in [-0.15, -0.1) is 12.8 Å². The van der Waals surface area contributed by atoms with Crippen molar-refractivity contribution in [1.29, 1.82) is 0 Å². The SMILES string of the molecule is O[Si](c1ccccc1)(c1ccccc1)c1ccccc1.[C-]1=CC=CC1.[C-]1=CC=CC1.[Zr+2]. The molecular formula is C28H26OSiZr. The summed E-state index contributed by atoms with van der Waals surface area (Å²) in [4.78, 5) is 11.6. The fraction of sp³-hybridized carbons (Fsp3) is 0.0714. The molecule has 2 aliphatic carbocycles. The summed E-state index contributed by atoms with van der Waals surface area (Å²) in [6.45, 7) is 0. The zero-order chi connectivity index (χ0) is 20.9. The number of hydrogen-bond acceptors (Lipinski definition) is 1. The van der Waals surface area contributed by atoms with Gasteiger partial charge in [-0.2, -0.15) is 12.2 Å². The Hall–Kier alpha value is -2.32. The van der Waals surface area contributed by atoms with E-state index < -0.39 is 8.32 Å². The average Bonchev–Trinajstić information content (AvgIpc) is 3.60. The van der Waals surface area contributed by atoms with Gasteiger partial charge in [0, 0.05) is 0 Å². The van der Waals surface area contributed by atoms with Gasteiger partial charge in [0.25, 0.3) is 8.32 Å². The van der Waals surface area contributed by atoms with E-state index >= 15 is 0 Å². The normalized spacial score (nSPS) is 12.9. The summed E-state index contributed by atoms with van der Waals surface area (Å²) in [6.07, 6.45) is 20.0. The third-order valence-corrected chi connectivity index (χ3v) is 8.25. The van der Waals surface area contributed by atoms with E-state index in [0.29, 0.717) is 0 Å². The van der Waals surface area contributed by atoms with Crippen molar-refractivity contribution in [2.45, 2.75) is 12.8 Å². The van der Waals surface area contributed by atoms with E-state index in [1.54, 1.807) is 0 Å². The summed E-state index contributed by atoms with van der Waals surface area (Å²) in [5, 5.41) is 3.03. The van der Waals surface area contributed by atoms with Crippen molar-refractivity contribution < 1.29 is 31.0 Å². The van der Waals surface area contributed by atoms with Crippen molar-refractivity contribution in [1.82, 2.24) is 0 Å². The standard InChI is InChI=1S/C18H16OSi.2C5H5.Zr/c19-20(16-10-4-1-5-11-16,17-12-6-2-7-13-17)18-14-8-3-9-15-18;2*1-2-4-5-3-1;/h1-15,19H;2*1-3H,4H2;/q;2*-1;+2. The Kier molecular flexibility index (Phi) is 11.2. The van der Waals surface area contributed by atoms with Gasteiger partial charge in [0.1, 0.15) is 0 Å². The smallest absolute Gasteiger partial charge is 0.421 e. The van der Waals surface area contributed by atoms with Crippen LogP contribution in [-0.2, 0) is 26.2 Å². The summed E-state index contributed by atoms with van der Waals surface area (Å²) in [6, 6.07) is 30.0. The molecule has 0 bridgehead atoms. The first kappa shape index (κ1) is 24.9. The molecule has 31 heavy (non-hydrogen) atoms. The molecule has 3 aromatic carbocycles. The van der Waals surface area contributed by atoms with E-state index in [4.69, 9.17) is 0 Å². The molecule has 0 saturated heterocycles. The van der Waals surface area contributed by atoms with Crippen LogP contribution in [-0.4, -0.2) is 13.1 Å². The number of allylic oxidation sites excluding steroid dienone is 8. The predicted molar refractivity (Wildman–Crippen MR) is 129 cm³/mol. The van der Waals surface area contributed by atoms with E-state index in [-0.39, 0.29) is 26.2 Å². The second-order valence-electron chi connectivity index (χ2n) is 6.81. The first-order chi connectivity index (χ1) is 14.8. The molecule has 1 N–H and O–H groups in total. The minimum absolute atomic E-state index is 0. The van der Waals surface area contributed by atoms with Gasteiger partial charge in [0.05, 0.1) is 0 Å². The number of rotatable bonds is 3. The molecule has 0 unspecified atom stereocenters. The molecule has 3 aromatic rings. The maximum absolute atomic E-state index is 11.6. The Balaban J connectivity index is 0.000000254. The van der Waals surface area contributed by atoms with E-state index in [1.165, 1.54) is 0 Å². The van der Waals surface area contributed by atoms with Crippen LogP contribution < -0.4 is 15.6 Å². The molecule has 0 radical (unpaired) electrons. The Labute approximate surface area is 206 Å². The van der Waals surface area contributed by atoms with Crippen LogP contribution in [0.25, 0.3) is 0 Å². The summed E-state index contributed by atoms with van der Waals surface area (Å²) >= 11 is 0. The molecule has 0 fully saturated rings. The average molecular weight is 498 g/mol. The predicted octanol–water partition coefficient (Wildman–Crippen LogP) is 4.25. The van der Waals surface area contributed by atoms with Gasteiger partial charge in [-0.1, -0.05) is 91.0 Å². The number of hydrogen-bond donors (Lipinski definition) is 1. The van der Waals surface area contributed by atoms with Gasteiger partial charge in [-0.25, -0.2) is 24.3 Å². The van der Waals surface area contributed by atoms with Gasteiger partial charge in [-0.05, 0) is 15.6 Å². The van der Waals surface area contributed by atoms with Crippen LogP contribution in [0.3, 0.4) is 0 Å². The summed E-state index contributed by atoms with van der Waals surface area (Å²) in [5.74, 6) is 0. The molecule has 5 rings (SSSR count). The Morgan fingerprint density at radius 3 is 1.06 bits per heavy atom. The summed E-state index contributed by atoms with van der Waals surface area (Å²) in [7, 11) is -2.88. The van der Waals surface area contributed by atoms with Crippen molar-refractivity contribution in [3.05, 3.63) is 140 Å². The minimum atomic E-state index is -2.88. The maximum Gasteiger partial charge on any atom is 2.00 e. The van der Waals surface area contributed by atoms with E-state index in [0.717, 1.165) is 28.4 Å². The van der Waals surface area contributed by atoms with Crippen molar-refractivity contribution in [2.24, 2.45) is 0 Å². The monoisotopic (exact) mass is 496 g/mol. The van der Waals surface area contributed by atoms with Crippen LogP contribution in [0.2, 0.25) is 0 Å². The molecule has 3 heteroatoms. The summed E-state index contributed by atoms with van der Waals surface area (Å²) in [5.41, 5.74) is 0. The minimum Gasteiger partial charge on any atom is -0.421 e. The first-order valence-corrected chi connectivity index (χ1v) is 12.1. The van der Waals surface area contributed by atoms with Crippen LogP contribution >= 0.6 is 0 Å². The fourth-order valence-electron chi connectivity index (χ4n) is 3.22. The van der Waals surface area contributed by atoms with Crippen molar-refractivity contribution in [2.75, 3.05) is 0 Å². The third-order valence-electron chi connectivity index (χ3n) is 4.75. The summed E-state index contributed by atoms with van der Waals surface area (Å²) < 4.78 is 0. The molecule has 0 amide bonds. The number of benzene rings is 3. The largest absolute Gasteiger partial charge is 2.00 e. The molecule has 0 atom stereocenters. The van der Waals surface area contributed by atoms with Crippen LogP contribution in [0.4, 0.5) is 0 Å². The molecular weight excluding hydrogens is 472 g/mol. The topological polar surface area (TPSA) is 20.2 Å². The van der Waals surface area contributed by atoms with Crippen LogP contribution in [0, 0.1) is 12.2 Å². The zero-order valence-electron chi connectivity index (χ0n) is 17.5. The van der Waals surface area contributed by atoms with Crippen molar-refractivity contribution in [3.8, 4) is 0 Å². The van der Waals surface area contributed by atoms with Crippen LogP contribution in [0.15, 0.2) is 127 Å². The molecule has 1 nitrogen and oxygen atoms in total. The van der Waals surface area contributed by atoms with E-state index in [9.17, 15) is 4.80 Å². The van der Waals surface area contributed by atoms with Crippen molar-refractivity contribution in [3.63, 3.8) is 0 Å². The molecule has 0 aliphatic heterocycles. The van der Waals surface area contributed by atoms with E-state index in [1.807, 2.05) is 115 Å². The van der Waals surface area contributed by atoms with Gasteiger partial charge >= 0.3 is 26.2 Å². The molecule has 0 aromatic heterocycles. The van der Waals surface area contributed by atoms with Gasteiger partial charge in [0.2, 0.25) is 0 Å². The molecule has 0 saturated carbocycles. The van der Waals surface area contributed by atoms with E-state index in [2.05, 4.69) is 24.3 Å². The van der Waals surface area contributed by atoms with Crippen LogP contribution in [0.5, 0.6) is 0 Å². The van der Waals surface area contributed by atoms with Crippen molar-refractivity contribution >= 4 is 23.9 Å². The Morgan fingerprint density at radius 2 is 0.871 bits per heavy atom. The van der Waals surface area contributed by atoms with Crippen LogP contribution in [0.1, 0.15) is 12.8 Å².